The minimum absolute atomic E-state index is 0.0931. The second kappa shape index (κ2) is 7.46. The molecule has 1 aromatic heterocycles. The molecule has 0 unspecified atom stereocenters. The number of nitrogens with one attached hydrogen (secondary N) is 1. The summed E-state index contributed by atoms with van der Waals surface area (Å²) >= 11 is 0. The number of ketones is 1. The lowest BCUT2D eigenvalue weighted by molar-refractivity contribution is 0.0981. The largest absolute Gasteiger partial charge is 0.481 e. The first-order chi connectivity index (χ1) is 12.2. The maximum atomic E-state index is 12.0. The van der Waals surface area contributed by atoms with Crippen LogP contribution in [0.5, 0.6) is 5.75 Å². The van der Waals surface area contributed by atoms with Crippen molar-refractivity contribution in [2.24, 2.45) is 0 Å². The average molecular weight is 332 g/mol. The van der Waals surface area contributed by atoms with Gasteiger partial charge in [-0.05, 0) is 31.4 Å². The normalized spacial score (nSPS) is 13.1. The number of aromatic nitrogens is 2. The smallest absolute Gasteiger partial charge is 0.227 e. The van der Waals surface area contributed by atoms with Gasteiger partial charge in [-0.3, -0.25) is 4.79 Å². The number of hydrogen-bond donors (Lipinski definition) is 1. The van der Waals surface area contributed by atoms with E-state index in [0.29, 0.717) is 34.9 Å². The van der Waals surface area contributed by atoms with Crippen LogP contribution >= 0.6 is 0 Å². The van der Waals surface area contributed by atoms with E-state index in [2.05, 4.69) is 27.3 Å². The number of terminal acetylenes is 1. The maximum Gasteiger partial charge on any atom is 0.227 e. The van der Waals surface area contributed by atoms with Gasteiger partial charge in [0, 0.05) is 24.4 Å². The molecule has 1 aliphatic carbocycles. The summed E-state index contributed by atoms with van der Waals surface area (Å²) in [4.78, 5) is 20.7. The predicted molar refractivity (Wildman–Crippen MR) is 92.7 cm³/mol. The van der Waals surface area contributed by atoms with Crippen LogP contribution in [0.25, 0.3) is 0 Å². The monoisotopic (exact) mass is 332 g/mol. The van der Waals surface area contributed by atoms with Crippen molar-refractivity contribution in [2.75, 3.05) is 11.9 Å². The number of carbonyl (C=O) groups excluding carboxylic acids is 1. The number of nitriles is 1. The Kier molecular flexibility index (Phi) is 4.92. The van der Waals surface area contributed by atoms with Crippen molar-refractivity contribution in [1.82, 2.24) is 9.97 Å². The first-order valence-electron chi connectivity index (χ1n) is 7.97. The van der Waals surface area contributed by atoms with E-state index in [1.165, 1.54) is 0 Å². The van der Waals surface area contributed by atoms with Gasteiger partial charge in [-0.15, -0.1) is 6.42 Å². The molecule has 1 heterocycles. The van der Waals surface area contributed by atoms with Crippen molar-refractivity contribution in [3.63, 3.8) is 0 Å². The highest BCUT2D eigenvalue weighted by Crippen LogP contribution is 2.24. The van der Waals surface area contributed by atoms with E-state index >= 15 is 0 Å². The third kappa shape index (κ3) is 3.94. The standard InChI is InChI=1S/C19H16N4O2/c1-2-7-25-15-9-13(11-20)8-14(10-15)22-19-21-12-16-17(23-19)5-3-4-6-18(16)24/h1,8-10,12H,3-7H2,(H,21,22,23). The summed E-state index contributed by atoms with van der Waals surface area (Å²) in [6.45, 7) is 0.117. The predicted octanol–water partition coefficient (Wildman–Crippen LogP) is 3.01. The Labute approximate surface area is 145 Å². The molecule has 0 amide bonds. The van der Waals surface area contributed by atoms with Gasteiger partial charge in [0.2, 0.25) is 5.95 Å². The Hall–Kier alpha value is -3.38. The molecule has 6 heteroatoms. The van der Waals surface area contributed by atoms with Crippen LogP contribution in [0.4, 0.5) is 11.6 Å². The van der Waals surface area contributed by atoms with Gasteiger partial charge >= 0.3 is 0 Å². The number of benzene rings is 1. The van der Waals surface area contributed by atoms with Gasteiger partial charge in [-0.25, -0.2) is 9.97 Å². The van der Waals surface area contributed by atoms with Crippen LogP contribution in [-0.4, -0.2) is 22.4 Å². The van der Waals surface area contributed by atoms with E-state index in [1.54, 1.807) is 24.4 Å². The molecule has 0 saturated carbocycles. The molecule has 124 valence electrons. The molecular formula is C19H16N4O2. The van der Waals surface area contributed by atoms with Gasteiger partial charge < -0.3 is 10.1 Å². The van der Waals surface area contributed by atoms with Crippen molar-refractivity contribution in [2.45, 2.75) is 25.7 Å². The fraction of sp³-hybridized carbons (Fsp3) is 0.263. The first kappa shape index (κ1) is 16.5. The van der Waals surface area contributed by atoms with E-state index in [9.17, 15) is 4.79 Å². The molecule has 0 radical (unpaired) electrons. The molecule has 0 aliphatic heterocycles. The lowest BCUT2D eigenvalue weighted by Crippen LogP contribution is -2.07. The van der Waals surface area contributed by atoms with E-state index in [4.69, 9.17) is 16.4 Å². The molecule has 0 fully saturated rings. The number of carbonyl (C=O) groups is 1. The minimum Gasteiger partial charge on any atom is -0.481 e. The Balaban J connectivity index is 1.87. The van der Waals surface area contributed by atoms with E-state index in [1.807, 2.05) is 0 Å². The zero-order valence-electron chi connectivity index (χ0n) is 13.6. The van der Waals surface area contributed by atoms with Gasteiger partial charge in [-0.2, -0.15) is 5.26 Å². The molecule has 2 aromatic rings. The molecule has 1 aromatic carbocycles. The van der Waals surface area contributed by atoms with Gasteiger partial charge in [0.1, 0.15) is 12.4 Å². The Bertz CT molecular complexity index is 893. The summed E-state index contributed by atoms with van der Waals surface area (Å²) in [5, 5.41) is 12.2. The van der Waals surface area contributed by atoms with E-state index < -0.39 is 0 Å². The number of fused-ring (bicyclic) bond motifs is 1. The zero-order chi connectivity index (χ0) is 17.6. The molecule has 1 aliphatic rings. The van der Waals surface area contributed by atoms with Crippen LogP contribution in [0.2, 0.25) is 0 Å². The molecule has 3 rings (SSSR count). The number of nitrogens with zero attached hydrogens (tertiary/aromatic N) is 3. The van der Waals surface area contributed by atoms with Crippen molar-refractivity contribution in [3.8, 4) is 24.2 Å². The van der Waals surface area contributed by atoms with Crippen LogP contribution in [0.3, 0.4) is 0 Å². The van der Waals surface area contributed by atoms with Gasteiger partial charge in [0.25, 0.3) is 0 Å². The second-order valence-corrected chi connectivity index (χ2v) is 5.66. The van der Waals surface area contributed by atoms with Crippen LogP contribution in [-0.2, 0) is 6.42 Å². The highest BCUT2D eigenvalue weighted by atomic mass is 16.5. The summed E-state index contributed by atoms with van der Waals surface area (Å²) in [6.07, 6.45) is 9.87. The summed E-state index contributed by atoms with van der Waals surface area (Å²) in [6, 6.07) is 7.08. The lowest BCUT2D eigenvalue weighted by atomic mass is 10.1. The first-order valence-corrected chi connectivity index (χ1v) is 7.97. The molecular weight excluding hydrogens is 316 g/mol. The molecule has 1 N–H and O–H groups in total. The number of Topliss-reactive ketones (excluding diaryl/α,β-unsaturated/α-hetero) is 1. The molecule has 0 saturated heterocycles. The zero-order valence-corrected chi connectivity index (χ0v) is 13.6. The molecule has 0 spiro atoms. The van der Waals surface area contributed by atoms with Crippen LogP contribution in [0, 0.1) is 23.7 Å². The molecule has 0 bridgehead atoms. The summed E-state index contributed by atoms with van der Waals surface area (Å²) in [5.41, 5.74) is 2.42. The number of anilines is 2. The van der Waals surface area contributed by atoms with Gasteiger partial charge in [0.05, 0.1) is 22.9 Å². The topological polar surface area (TPSA) is 87.9 Å². The van der Waals surface area contributed by atoms with Crippen LogP contribution in [0.1, 0.15) is 40.9 Å². The minimum atomic E-state index is 0.0931. The van der Waals surface area contributed by atoms with Crippen LogP contribution < -0.4 is 10.1 Å². The fourth-order valence-corrected chi connectivity index (χ4v) is 2.69. The number of hydrogen-bond acceptors (Lipinski definition) is 6. The number of rotatable bonds is 4. The molecule has 6 nitrogen and oxygen atoms in total. The lowest BCUT2D eigenvalue weighted by Gasteiger charge is -2.10. The van der Waals surface area contributed by atoms with Crippen molar-refractivity contribution >= 4 is 17.4 Å². The van der Waals surface area contributed by atoms with Crippen molar-refractivity contribution in [1.29, 1.82) is 5.26 Å². The Morgan fingerprint density at radius 2 is 2.12 bits per heavy atom. The fourth-order valence-electron chi connectivity index (χ4n) is 2.69. The second-order valence-electron chi connectivity index (χ2n) is 5.66. The maximum absolute atomic E-state index is 12.0. The van der Waals surface area contributed by atoms with Gasteiger partial charge in [-0.1, -0.05) is 5.92 Å². The summed E-state index contributed by atoms with van der Waals surface area (Å²) in [7, 11) is 0. The highest BCUT2D eigenvalue weighted by Gasteiger charge is 2.18. The number of aryl methyl sites for hydroxylation is 1. The number of ether oxygens (including phenoxy) is 1. The Morgan fingerprint density at radius 1 is 1.28 bits per heavy atom. The summed E-state index contributed by atoms with van der Waals surface area (Å²) in [5.74, 6) is 3.35. The van der Waals surface area contributed by atoms with E-state index in [0.717, 1.165) is 25.0 Å². The average Bonchev–Trinajstić information content (AvgIpc) is 2.81. The quantitative estimate of drug-likeness (QED) is 0.684. The van der Waals surface area contributed by atoms with Crippen molar-refractivity contribution < 1.29 is 9.53 Å². The van der Waals surface area contributed by atoms with E-state index in [-0.39, 0.29) is 12.4 Å². The van der Waals surface area contributed by atoms with Crippen molar-refractivity contribution in [3.05, 3.63) is 41.2 Å². The Morgan fingerprint density at radius 3 is 2.92 bits per heavy atom. The van der Waals surface area contributed by atoms with Crippen LogP contribution in [0.15, 0.2) is 24.4 Å². The third-order valence-electron chi connectivity index (χ3n) is 3.85. The molecule has 25 heavy (non-hydrogen) atoms. The SMILES string of the molecule is C#CCOc1cc(C#N)cc(Nc2ncc3c(n2)CCCCC3=O)c1. The summed E-state index contributed by atoms with van der Waals surface area (Å²) < 4.78 is 5.38. The molecule has 0 atom stereocenters. The third-order valence-corrected chi connectivity index (χ3v) is 3.85. The van der Waals surface area contributed by atoms with Gasteiger partial charge in [0.15, 0.2) is 5.78 Å². The highest BCUT2D eigenvalue weighted by molar-refractivity contribution is 5.97.